The molecular weight excluding hydrogens is 500 g/mol. The first kappa shape index (κ1) is 23.7. The van der Waals surface area contributed by atoms with Crippen LogP contribution in [0.1, 0.15) is 29.9 Å². The van der Waals surface area contributed by atoms with Crippen LogP contribution in [0, 0.1) is 6.08 Å². The standard InChI is InChI=1S/C29H19O6.Fe/c30-26-19-10-3-5-14-21(19)34-28(32)24(26)23(18-13-7-12-17(18)16-8-1-2-9-16)25-27(31)20-11-4-6-15-22(20)35-29(25)33;/h1,3-8,10-11,13-15,23,30-31H,2,12H2;/q-1;. The summed E-state index contributed by atoms with van der Waals surface area (Å²) in [5.41, 5.74) is 0.861. The van der Waals surface area contributed by atoms with Gasteiger partial charge in [-0.2, -0.15) is 17.7 Å². The van der Waals surface area contributed by atoms with Gasteiger partial charge in [0, 0.05) is 23.0 Å². The van der Waals surface area contributed by atoms with Crippen molar-refractivity contribution in [2.24, 2.45) is 0 Å². The molecule has 7 heteroatoms. The Balaban J connectivity index is 0.00000267. The molecular formula is C29H19FeO6-. The fraction of sp³-hybridized carbons (Fsp3) is 0.103. The fourth-order valence-electron chi connectivity index (χ4n) is 4.93. The summed E-state index contributed by atoms with van der Waals surface area (Å²) in [6.07, 6.45) is 12.1. The Bertz CT molecular complexity index is 1670. The molecule has 0 unspecified atom stereocenters. The van der Waals surface area contributed by atoms with E-state index in [0.29, 0.717) is 29.2 Å². The molecule has 2 aliphatic carbocycles. The van der Waals surface area contributed by atoms with Crippen LogP contribution in [0.2, 0.25) is 0 Å². The molecule has 36 heavy (non-hydrogen) atoms. The number of hydrogen-bond acceptors (Lipinski definition) is 6. The molecule has 2 aromatic carbocycles. The van der Waals surface area contributed by atoms with Crippen molar-refractivity contribution in [2.45, 2.75) is 18.8 Å². The fourth-order valence-corrected chi connectivity index (χ4v) is 4.93. The predicted molar refractivity (Wildman–Crippen MR) is 131 cm³/mol. The second-order valence-corrected chi connectivity index (χ2v) is 8.47. The van der Waals surface area contributed by atoms with E-state index in [9.17, 15) is 19.8 Å². The van der Waals surface area contributed by atoms with E-state index in [0.717, 1.165) is 11.1 Å². The molecule has 0 saturated heterocycles. The molecule has 6 nitrogen and oxygen atoms in total. The minimum Gasteiger partial charge on any atom is -0.507 e. The van der Waals surface area contributed by atoms with Crippen LogP contribution in [0.25, 0.3) is 21.9 Å². The maximum absolute atomic E-state index is 13.3. The molecule has 2 aliphatic rings. The summed E-state index contributed by atoms with van der Waals surface area (Å²) in [5, 5.41) is 23.3. The van der Waals surface area contributed by atoms with E-state index >= 15 is 0 Å². The van der Waals surface area contributed by atoms with Crippen molar-refractivity contribution in [3.8, 4) is 11.5 Å². The molecule has 2 heterocycles. The molecule has 0 fully saturated rings. The van der Waals surface area contributed by atoms with Crippen LogP contribution in [0.3, 0.4) is 0 Å². The Labute approximate surface area is 215 Å². The summed E-state index contributed by atoms with van der Waals surface area (Å²) in [6, 6.07) is 13.2. The molecule has 0 aliphatic heterocycles. The van der Waals surface area contributed by atoms with Crippen molar-refractivity contribution in [1.82, 2.24) is 0 Å². The van der Waals surface area contributed by atoms with Gasteiger partial charge >= 0.3 is 11.3 Å². The van der Waals surface area contributed by atoms with Gasteiger partial charge in [0.25, 0.3) is 0 Å². The monoisotopic (exact) mass is 519 g/mol. The second-order valence-electron chi connectivity index (χ2n) is 8.47. The molecule has 0 radical (unpaired) electrons. The predicted octanol–water partition coefficient (Wildman–Crippen LogP) is 5.39. The maximum atomic E-state index is 13.3. The Morgan fingerprint density at radius 1 is 0.778 bits per heavy atom. The summed E-state index contributed by atoms with van der Waals surface area (Å²) in [6.45, 7) is 0. The minimum absolute atomic E-state index is 0. The van der Waals surface area contributed by atoms with Gasteiger partial charge < -0.3 is 19.0 Å². The van der Waals surface area contributed by atoms with Crippen LogP contribution in [0.5, 0.6) is 11.5 Å². The normalized spacial score (nSPS) is 14.8. The number of aromatic hydroxyl groups is 2. The van der Waals surface area contributed by atoms with Crippen LogP contribution in [-0.2, 0) is 17.1 Å². The molecule has 0 spiro atoms. The van der Waals surface area contributed by atoms with Crippen LogP contribution in [-0.4, -0.2) is 10.2 Å². The van der Waals surface area contributed by atoms with Crippen molar-refractivity contribution in [3.05, 3.63) is 128 Å². The maximum Gasteiger partial charge on any atom is 0.344 e. The van der Waals surface area contributed by atoms with Crippen LogP contribution < -0.4 is 11.3 Å². The molecule has 6 rings (SSSR count). The average Bonchev–Trinajstić information content (AvgIpc) is 3.55. The first-order valence-corrected chi connectivity index (χ1v) is 11.2. The molecule has 0 amide bonds. The largest absolute Gasteiger partial charge is 0.507 e. The Morgan fingerprint density at radius 2 is 1.33 bits per heavy atom. The van der Waals surface area contributed by atoms with E-state index in [4.69, 9.17) is 8.83 Å². The van der Waals surface area contributed by atoms with E-state index in [1.54, 1.807) is 48.5 Å². The van der Waals surface area contributed by atoms with Gasteiger partial charge in [-0.3, -0.25) is 0 Å². The molecule has 0 atom stereocenters. The zero-order valence-corrected chi connectivity index (χ0v) is 19.9. The van der Waals surface area contributed by atoms with Gasteiger partial charge in [0.05, 0.1) is 21.9 Å². The van der Waals surface area contributed by atoms with Crippen molar-refractivity contribution in [1.29, 1.82) is 0 Å². The van der Waals surface area contributed by atoms with E-state index < -0.39 is 17.2 Å². The van der Waals surface area contributed by atoms with E-state index in [2.05, 4.69) is 6.08 Å². The van der Waals surface area contributed by atoms with Crippen LogP contribution >= 0.6 is 0 Å². The van der Waals surface area contributed by atoms with Crippen molar-refractivity contribution < 1.29 is 36.1 Å². The Hall–Kier alpha value is -4.06. The summed E-state index contributed by atoms with van der Waals surface area (Å²) in [7, 11) is 0. The third-order valence-corrected chi connectivity index (χ3v) is 6.52. The Kier molecular flexibility index (Phi) is 6.04. The summed E-state index contributed by atoms with van der Waals surface area (Å²) >= 11 is 0. The van der Waals surface area contributed by atoms with Crippen molar-refractivity contribution >= 4 is 21.9 Å². The quantitative estimate of drug-likeness (QED) is 0.213. The molecule has 0 bridgehead atoms. The van der Waals surface area contributed by atoms with Gasteiger partial charge in [0.2, 0.25) is 0 Å². The number of rotatable bonds is 4. The van der Waals surface area contributed by atoms with Crippen molar-refractivity contribution in [3.63, 3.8) is 0 Å². The number of para-hydroxylation sites is 2. The third kappa shape index (κ3) is 3.65. The smallest absolute Gasteiger partial charge is 0.344 e. The minimum atomic E-state index is -1.13. The van der Waals surface area contributed by atoms with Gasteiger partial charge in [-0.15, -0.1) is 11.6 Å². The second kappa shape index (κ2) is 9.19. The third-order valence-electron chi connectivity index (χ3n) is 6.52. The number of benzene rings is 2. The van der Waals surface area contributed by atoms with Gasteiger partial charge in [-0.25, -0.2) is 9.59 Å². The van der Waals surface area contributed by atoms with Crippen molar-refractivity contribution in [2.75, 3.05) is 0 Å². The Morgan fingerprint density at radius 3 is 1.86 bits per heavy atom. The van der Waals surface area contributed by atoms with Gasteiger partial charge in [-0.05, 0) is 24.3 Å². The van der Waals surface area contributed by atoms with E-state index in [1.807, 2.05) is 24.3 Å². The van der Waals surface area contributed by atoms with Crippen LogP contribution in [0.4, 0.5) is 0 Å². The average molecular weight is 519 g/mol. The zero-order chi connectivity index (χ0) is 24.1. The molecule has 2 N–H and O–H groups in total. The molecule has 2 aromatic heterocycles. The van der Waals surface area contributed by atoms with E-state index in [1.165, 1.54) is 0 Å². The molecule has 4 aromatic rings. The summed E-state index contributed by atoms with van der Waals surface area (Å²) in [5.74, 6) is -1.74. The van der Waals surface area contributed by atoms with E-state index in [-0.39, 0.29) is 50.9 Å². The SMILES string of the molecule is O=c1oc2ccccc2c(O)c1C(C1=C(C2=[C-]CC=C2)CC=C1)c1c(O)c2ccccc2oc1=O.[Fe]. The molecule has 180 valence electrons. The van der Waals surface area contributed by atoms with Gasteiger partial charge in [-0.1, -0.05) is 54.8 Å². The molecule has 0 saturated carbocycles. The summed E-state index contributed by atoms with van der Waals surface area (Å²) < 4.78 is 11.1. The van der Waals surface area contributed by atoms with Crippen LogP contribution in [0.15, 0.2) is 108 Å². The first-order chi connectivity index (χ1) is 17.0. The number of fused-ring (bicyclic) bond motifs is 2. The zero-order valence-electron chi connectivity index (χ0n) is 18.8. The number of hydrogen-bond donors (Lipinski definition) is 2. The number of allylic oxidation sites excluding steroid dienone is 8. The van der Waals surface area contributed by atoms with Gasteiger partial charge in [0.1, 0.15) is 22.7 Å². The topological polar surface area (TPSA) is 101 Å². The summed E-state index contributed by atoms with van der Waals surface area (Å²) in [4.78, 5) is 26.6. The van der Waals surface area contributed by atoms with Gasteiger partial charge in [0.15, 0.2) is 0 Å². The first-order valence-electron chi connectivity index (χ1n) is 11.2.